The highest BCUT2D eigenvalue weighted by atomic mass is 127. The van der Waals surface area contributed by atoms with Gasteiger partial charge in [0.2, 0.25) is 5.91 Å². The van der Waals surface area contributed by atoms with Crippen molar-refractivity contribution in [3.05, 3.63) is 0 Å². The van der Waals surface area contributed by atoms with Crippen LogP contribution in [-0.2, 0) is 4.79 Å². The number of thiol groups is 1. The van der Waals surface area contributed by atoms with Gasteiger partial charge in [0.1, 0.15) is 0 Å². The molecule has 0 heterocycles. The summed E-state index contributed by atoms with van der Waals surface area (Å²) in [4.78, 5) is 10.9. The fourth-order valence-corrected chi connectivity index (χ4v) is 2.39. The Morgan fingerprint density at radius 2 is 1.35 bits per heavy atom. The zero-order chi connectivity index (χ0) is 12.8. The van der Waals surface area contributed by atoms with Crippen molar-refractivity contribution < 1.29 is 4.79 Å². The van der Waals surface area contributed by atoms with Crippen LogP contribution in [0.3, 0.4) is 0 Å². The molecule has 0 aromatic heterocycles. The number of hydrogen-bond acceptors (Lipinski definition) is 2. The number of halogens is 1. The third-order valence-electron chi connectivity index (χ3n) is 2.78. The van der Waals surface area contributed by atoms with E-state index in [9.17, 15) is 4.79 Å². The van der Waals surface area contributed by atoms with E-state index in [0.717, 1.165) is 13.0 Å². The van der Waals surface area contributed by atoms with Gasteiger partial charge in [0.25, 0.3) is 0 Å². The Morgan fingerprint density at radius 3 is 1.82 bits per heavy atom. The average Bonchev–Trinajstić information content (AvgIpc) is 2.35. The second-order valence-corrected chi connectivity index (χ2v) is 5.77. The first kappa shape index (κ1) is 17.6. The molecule has 102 valence electrons. The molecule has 0 aliphatic carbocycles. The van der Waals surface area contributed by atoms with Crippen molar-refractivity contribution in [1.82, 2.24) is 5.32 Å². The van der Waals surface area contributed by atoms with E-state index in [4.69, 9.17) is 0 Å². The number of carbonyl (C=O) groups excluding carboxylic acids is 1. The summed E-state index contributed by atoms with van der Waals surface area (Å²) < 4.78 is 1.30. The predicted molar refractivity (Wildman–Crippen MR) is 87.3 cm³/mol. The van der Waals surface area contributed by atoms with E-state index in [1.165, 1.54) is 55.8 Å². The highest BCUT2D eigenvalue weighted by Gasteiger charge is 1.96. The van der Waals surface area contributed by atoms with Gasteiger partial charge in [-0.1, -0.05) is 67.5 Å². The van der Waals surface area contributed by atoms with Gasteiger partial charge in [0, 0.05) is 6.54 Å². The molecule has 1 amide bonds. The van der Waals surface area contributed by atoms with Crippen LogP contribution >= 0.6 is 35.2 Å². The van der Waals surface area contributed by atoms with Gasteiger partial charge in [-0.25, -0.2) is 0 Å². The molecule has 0 radical (unpaired) electrons. The van der Waals surface area contributed by atoms with Gasteiger partial charge in [0.05, 0.1) is 5.75 Å². The fraction of sp³-hybridized carbons (Fsp3) is 0.923. The van der Waals surface area contributed by atoms with Crippen molar-refractivity contribution in [1.29, 1.82) is 0 Å². The number of carbonyl (C=O) groups is 1. The summed E-state index contributed by atoms with van der Waals surface area (Å²) >= 11 is 6.36. The molecule has 0 rings (SSSR count). The Labute approximate surface area is 125 Å². The second-order valence-electron chi connectivity index (χ2n) is 4.38. The lowest BCUT2D eigenvalue weighted by Crippen LogP contribution is -2.25. The monoisotopic (exact) mass is 371 g/mol. The van der Waals surface area contributed by atoms with Crippen LogP contribution in [0.2, 0.25) is 0 Å². The van der Waals surface area contributed by atoms with Crippen molar-refractivity contribution >= 4 is 41.1 Å². The molecular weight excluding hydrogens is 345 g/mol. The van der Waals surface area contributed by atoms with Gasteiger partial charge in [0.15, 0.2) is 0 Å². The minimum Gasteiger partial charge on any atom is -0.355 e. The fourth-order valence-electron chi connectivity index (χ4n) is 1.74. The van der Waals surface area contributed by atoms with E-state index in [-0.39, 0.29) is 5.91 Å². The van der Waals surface area contributed by atoms with Crippen molar-refractivity contribution in [2.24, 2.45) is 0 Å². The van der Waals surface area contributed by atoms with Crippen LogP contribution in [0.1, 0.15) is 57.8 Å². The lowest BCUT2D eigenvalue weighted by molar-refractivity contribution is -0.118. The van der Waals surface area contributed by atoms with Crippen LogP contribution in [0.25, 0.3) is 0 Å². The molecular formula is C13H26INOS. The van der Waals surface area contributed by atoms with Gasteiger partial charge < -0.3 is 5.32 Å². The quantitative estimate of drug-likeness (QED) is 0.231. The van der Waals surface area contributed by atoms with Gasteiger partial charge in [-0.15, -0.1) is 0 Å². The molecule has 4 heteroatoms. The molecule has 0 saturated heterocycles. The van der Waals surface area contributed by atoms with Gasteiger partial charge in [-0.05, 0) is 17.3 Å². The Bertz CT molecular complexity index is 179. The van der Waals surface area contributed by atoms with Crippen LogP contribution in [0.5, 0.6) is 0 Å². The number of nitrogens with one attached hydrogen (secondary N) is 1. The minimum absolute atomic E-state index is 0.0450. The lowest BCUT2D eigenvalue weighted by atomic mass is 10.1. The highest BCUT2D eigenvalue weighted by Crippen LogP contribution is 2.09. The van der Waals surface area contributed by atoms with Gasteiger partial charge in [-0.3, -0.25) is 4.79 Å². The van der Waals surface area contributed by atoms with Crippen molar-refractivity contribution in [3.63, 3.8) is 0 Å². The topological polar surface area (TPSA) is 29.1 Å². The molecule has 0 fully saturated rings. The van der Waals surface area contributed by atoms with E-state index < -0.39 is 0 Å². The molecule has 0 aliphatic rings. The third-order valence-corrected chi connectivity index (χ3v) is 3.83. The predicted octanol–water partition coefficient (Wildman–Crippen LogP) is 3.98. The van der Waals surface area contributed by atoms with Crippen molar-refractivity contribution in [2.75, 3.05) is 16.7 Å². The number of hydrogen-bond donors (Lipinski definition) is 2. The average molecular weight is 371 g/mol. The number of unbranched alkanes of at least 4 members (excludes halogenated alkanes) is 8. The van der Waals surface area contributed by atoms with Gasteiger partial charge in [-0.2, -0.15) is 12.6 Å². The van der Waals surface area contributed by atoms with Crippen LogP contribution in [-0.4, -0.2) is 22.6 Å². The molecule has 0 bridgehead atoms. The number of alkyl halides is 1. The van der Waals surface area contributed by atoms with Crippen LogP contribution < -0.4 is 5.32 Å². The smallest absolute Gasteiger partial charge is 0.229 e. The molecule has 0 atom stereocenters. The van der Waals surface area contributed by atoms with E-state index in [2.05, 4.69) is 40.5 Å². The molecule has 0 aromatic carbocycles. The summed E-state index contributed by atoms with van der Waals surface area (Å²) in [6, 6.07) is 0. The molecule has 0 saturated carbocycles. The maximum Gasteiger partial charge on any atom is 0.229 e. The summed E-state index contributed by atoms with van der Waals surface area (Å²) in [5.41, 5.74) is 0. The summed E-state index contributed by atoms with van der Waals surface area (Å²) in [5, 5.41) is 2.84. The van der Waals surface area contributed by atoms with Crippen molar-refractivity contribution in [3.8, 4) is 0 Å². The Balaban J connectivity index is 2.96. The summed E-state index contributed by atoms with van der Waals surface area (Å²) in [7, 11) is 0. The van der Waals surface area contributed by atoms with Gasteiger partial charge >= 0.3 is 0 Å². The zero-order valence-corrected chi connectivity index (χ0v) is 13.8. The maximum atomic E-state index is 10.9. The second kappa shape index (κ2) is 14.6. The molecule has 0 spiro atoms. The van der Waals surface area contributed by atoms with Crippen LogP contribution in [0, 0.1) is 0 Å². The normalized spacial score (nSPS) is 10.5. The first-order valence-electron chi connectivity index (χ1n) is 6.74. The van der Waals surface area contributed by atoms with E-state index in [1.54, 1.807) is 0 Å². The largest absolute Gasteiger partial charge is 0.355 e. The Morgan fingerprint density at radius 1 is 0.882 bits per heavy atom. The number of amides is 1. The Hall–Kier alpha value is 0.550. The molecule has 0 unspecified atom stereocenters. The van der Waals surface area contributed by atoms with E-state index >= 15 is 0 Å². The minimum atomic E-state index is 0.0450. The first-order chi connectivity index (χ1) is 8.31. The third kappa shape index (κ3) is 14.5. The first-order valence-corrected chi connectivity index (χ1v) is 8.90. The standard InChI is InChI=1S/C13H26INOS/c14-10-8-6-4-2-1-3-5-7-9-11-15-13(16)12-17/h17H,1-12H2,(H,15,16). The van der Waals surface area contributed by atoms with Crippen LogP contribution in [0.4, 0.5) is 0 Å². The summed E-state index contributed by atoms with van der Waals surface area (Å²) in [6.45, 7) is 0.815. The lowest BCUT2D eigenvalue weighted by Gasteiger charge is -2.03. The molecule has 0 aliphatic heterocycles. The SMILES string of the molecule is O=C(CS)NCCCCCCCCCCCI. The zero-order valence-electron chi connectivity index (χ0n) is 10.7. The Kier molecular flexibility index (Phi) is 15.1. The summed E-state index contributed by atoms with van der Waals surface area (Å²) in [5.74, 6) is 0.348. The molecule has 2 nitrogen and oxygen atoms in total. The molecule has 17 heavy (non-hydrogen) atoms. The van der Waals surface area contributed by atoms with Crippen LogP contribution in [0.15, 0.2) is 0 Å². The highest BCUT2D eigenvalue weighted by molar-refractivity contribution is 14.1. The maximum absolute atomic E-state index is 10.9. The molecule has 1 N–H and O–H groups in total. The van der Waals surface area contributed by atoms with Crippen molar-refractivity contribution in [2.45, 2.75) is 57.8 Å². The molecule has 0 aromatic rings. The van der Waals surface area contributed by atoms with E-state index in [1.807, 2.05) is 0 Å². The summed E-state index contributed by atoms with van der Waals surface area (Å²) in [6.07, 6.45) is 12.0. The van der Waals surface area contributed by atoms with E-state index in [0.29, 0.717) is 5.75 Å². The number of rotatable bonds is 12.